The molecule has 2 aromatic rings. The molecule has 0 bridgehead atoms. The lowest BCUT2D eigenvalue weighted by Crippen LogP contribution is -2.37. The zero-order chi connectivity index (χ0) is 14.2. The van der Waals surface area contributed by atoms with Crippen LogP contribution in [0, 0.1) is 6.92 Å². The number of halogens is 1. The van der Waals surface area contributed by atoms with Crippen molar-refractivity contribution in [2.75, 3.05) is 13.6 Å². The van der Waals surface area contributed by atoms with Crippen LogP contribution >= 0.6 is 24.0 Å². The number of furan rings is 1. The van der Waals surface area contributed by atoms with Gasteiger partial charge in [0.05, 0.1) is 6.26 Å². The SMILES string of the molecule is CN=C(NCCc1ccco1)NCc1ccccc1C.I. The second-order valence-corrected chi connectivity index (χ2v) is 4.61. The van der Waals surface area contributed by atoms with E-state index in [0.29, 0.717) is 0 Å². The molecule has 1 aromatic heterocycles. The van der Waals surface area contributed by atoms with E-state index in [1.807, 2.05) is 12.1 Å². The molecule has 0 atom stereocenters. The maximum absolute atomic E-state index is 5.29. The summed E-state index contributed by atoms with van der Waals surface area (Å²) in [5.74, 6) is 1.78. The van der Waals surface area contributed by atoms with E-state index in [9.17, 15) is 0 Å². The maximum Gasteiger partial charge on any atom is 0.191 e. The average molecular weight is 399 g/mol. The number of benzene rings is 1. The minimum absolute atomic E-state index is 0. The lowest BCUT2D eigenvalue weighted by molar-refractivity contribution is 0.507. The van der Waals surface area contributed by atoms with Gasteiger partial charge >= 0.3 is 0 Å². The summed E-state index contributed by atoms with van der Waals surface area (Å²) in [7, 11) is 1.78. The Kier molecular flexibility index (Phi) is 7.89. The molecule has 0 aliphatic carbocycles. The van der Waals surface area contributed by atoms with Crippen LogP contribution in [0.25, 0.3) is 0 Å². The topological polar surface area (TPSA) is 49.6 Å². The number of guanidine groups is 1. The third kappa shape index (κ3) is 5.79. The van der Waals surface area contributed by atoms with E-state index in [4.69, 9.17) is 4.42 Å². The minimum atomic E-state index is 0. The van der Waals surface area contributed by atoms with Crippen molar-refractivity contribution in [1.29, 1.82) is 0 Å². The van der Waals surface area contributed by atoms with Gasteiger partial charge in [0.25, 0.3) is 0 Å². The Balaban J connectivity index is 0.00000220. The number of aryl methyl sites for hydroxylation is 1. The average Bonchev–Trinajstić information content (AvgIpc) is 2.97. The zero-order valence-electron chi connectivity index (χ0n) is 12.4. The highest BCUT2D eigenvalue weighted by Gasteiger charge is 2.01. The van der Waals surface area contributed by atoms with Gasteiger partial charge in [-0.25, -0.2) is 0 Å². The first-order valence-electron chi connectivity index (χ1n) is 6.81. The van der Waals surface area contributed by atoms with E-state index in [0.717, 1.165) is 31.2 Å². The Bertz CT molecular complexity index is 552. The number of nitrogens with zero attached hydrogens (tertiary/aromatic N) is 1. The molecule has 0 amide bonds. The summed E-state index contributed by atoms with van der Waals surface area (Å²) in [6, 6.07) is 12.2. The van der Waals surface area contributed by atoms with Gasteiger partial charge in [-0.2, -0.15) is 0 Å². The first-order valence-corrected chi connectivity index (χ1v) is 6.81. The fourth-order valence-electron chi connectivity index (χ4n) is 1.97. The Morgan fingerprint density at radius 2 is 1.95 bits per heavy atom. The molecule has 114 valence electrons. The van der Waals surface area contributed by atoms with Crippen LogP contribution in [-0.2, 0) is 13.0 Å². The summed E-state index contributed by atoms with van der Waals surface area (Å²) in [5, 5.41) is 6.59. The largest absolute Gasteiger partial charge is 0.469 e. The molecule has 2 N–H and O–H groups in total. The molecular formula is C16H22IN3O. The Morgan fingerprint density at radius 3 is 2.62 bits per heavy atom. The van der Waals surface area contributed by atoms with Crippen molar-refractivity contribution in [2.24, 2.45) is 4.99 Å². The molecule has 1 aromatic carbocycles. The van der Waals surface area contributed by atoms with Gasteiger partial charge in [0, 0.05) is 26.6 Å². The second kappa shape index (κ2) is 9.44. The summed E-state index contributed by atoms with van der Waals surface area (Å²) >= 11 is 0. The van der Waals surface area contributed by atoms with Crippen molar-refractivity contribution in [3.05, 3.63) is 59.5 Å². The summed E-state index contributed by atoms with van der Waals surface area (Å²) in [6.07, 6.45) is 2.54. The summed E-state index contributed by atoms with van der Waals surface area (Å²) < 4.78 is 5.29. The number of aliphatic imine (C=N–C) groups is 1. The summed E-state index contributed by atoms with van der Waals surface area (Å²) in [6.45, 7) is 3.68. The quantitative estimate of drug-likeness (QED) is 0.462. The van der Waals surface area contributed by atoms with E-state index in [2.05, 4.69) is 46.8 Å². The van der Waals surface area contributed by atoms with Gasteiger partial charge in [-0.3, -0.25) is 4.99 Å². The highest BCUT2D eigenvalue weighted by Crippen LogP contribution is 2.05. The third-order valence-electron chi connectivity index (χ3n) is 3.18. The fourth-order valence-corrected chi connectivity index (χ4v) is 1.97. The lowest BCUT2D eigenvalue weighted by Gasteiger charge is -2.12. The van der Waals surface area contributed by atoms with Gasteiger partial charge in [0.15, 0.2) is 5.96 Å². The van der Waals surface area contributed by atoms with Gasteiger partial charge in [-0.1, -0.05) is 24.3 Å². The maximum atomic E-state index is 5.29. The molecule has 0 radical (unpaired) electrons. The molecule has 0 spiro atoms. The Morgan fingerprint density at radius 1 is 1.14 bits per heavy atom. The van der Waals surface area contributed by atoms with Gasteiger partial charge in [-0.05, 0) is 30.2 Å². The molecular weight excluding hydrogens is 377 g/mol. The molecule has 0 saturated carbocycles. The van der Waals surface area contributed by atoms with Crippen molar-refractivity contribution in [1.82, 2.24) is 10.6 Å². The molecule has 0 unspecified atom stereocenters. The van der Waals surface area contributed by atoms with Crippen LogP contribution in [0.4, 0.5) is 0 Å². The second-order valence-electron chi connectivity index (χ2n) is 4.61. The van der Waals surface area contributed by atoms with Crippen LogP contribution in [0.2, 0.25) is 0 Å². The predicted octanol–water partition coefficient (Wildman–Crippen LogP) is 3.11. The standard InChI is InChI=1S/C16H21N3O.HI/c1-13-6-3-4-7-14(13)12-19-16(17-2)18-10-9-15-8-5-11-20-15;/h3-8,11H,9-10,12H2,1-2H3,(H2,17,18,19);1H. The Labute approximate surface area is 143 Å². The fraction of sp³-hybridized carbons (Fsp3) is 0.312. The number of rotatable bonds is 5. The van der Waals surface area contributed by atoms with Gasteiger partial charge in [-0.15, -0.1) is 24.0 Å². The van der Waals surface area contributed by atoms with E-state index in [-0.39, 0.29) is 24.0 Å². The highest BCUT2D eigenvalue weighted by molar-refractivity contribution is 14.0. The molecule has 0 aliphatic heterocycles. The van der Waals surface area contributed by atoms with E-state index in [1.54, 1.807) is 13.3 Å². The van der Waals surface area contributed by atoms with E-state index < -0.39 is 0 Å². The van der Waals surface area contributed by atoms with Crippen LogP contribution in [0.15, 0.2) is 52.1 Å². The van der Waals surface area contributed by atoms with Crippen molar-refractivity contribution in [2.45, 2.75) is 19.9 Å². The highest BCUT2D eigenvalue weighted by atomic mass is 127. The van der Waals surface area contributed by atoms with Crippen molar-refractivity contribution in [3.63, 3.8) is 0 Å². The van der Waals surface area contributed by atoms with Gasteiger partial charge in [0.1, 0.15) is 5.76 Å². The molecule has 0 fully saturated rings. The van der Waals surface area contributed by atoms with Gasteiger partial charge in [0.2, 0.25) is 0 Å². The normalized spacial score (nSPS) is 10.9. The van der Waals surface area contributed by atoms with Crippen molar-refractivity contribution in [3.8, 4) is 0 Å². The molecule has 0 saturated heterocycles. The van der Waals surface area contributed by atoms with Gasteiger partial charge < -0.3 is 15.1 Å². The first kappa shape index (κ1) is 17.6. The van der Waals surface area contributed by atoms with Crippen LogP contribution in [0.5, 0.6) is 0 Å². The number of hydrogen-bond acceptors (Lipinski definition) is 2. The van der Waals surface area contributed by atoms with Crippen molar-refractivity contribution >= 4 is 29.9 Å². The zero-order valence-corrected chi connectivity index (χ0v) is 14.8. The first-order chi connectivity index (χ1) is 9.79. The smallest absolute Gasteiger partial charge is 0.191 e. The number of nitrogens with one attached hydrogen (secondary N) is 2. The molecule has 5 heteroatoms. The molecule has 1 heterocycles. The van der Waals surface area contributed by atoms with E-state index >= 15 is 0 Å². The lowest BCUT2D eigenvalue weighted by atomic mass is 10.1. The minimum Gasteiger partial charge on any atom is -0.469 e. The molecule has 4 nitrogen and oxygen atoms in total. The summed E-state index contributed by atoms with van der Waals surface area (Å²) in [4.78, 5) is 4.22. The third-order valence-corrected chi connectivity index (χ3v) is 3.18. The van der Waals surface area contributed by atoms with Crippen LogP contribution in [0.1, 0.15) is 16.9 Å². The number of hydrogen-bond donors (Lipinski definition) is 2. The molecule has 0 aliphatic rings. The van der Waals surface area contributed by atoms with E-state index in [1.165, 1.54) is 11.1 Å². The van der Waals surface area contributed by atoms with Crippen LogP contribution in [0.3, 0.4) is 0 Å². The van der Waals surface area contributed by atoms with Crippen LogP contribution < -0.4 is 10.6 Å². The predicted molar refractivity (Wildman–Crippen MR) is 97.2 cm³/mol. The summed E-state index contributed by atoms with van der Waals surface area (Å²) in [5.41, 5.74) is 2.56. The Hall–Kier alpha value is -1.50. The molecule has 21 heavy (non-hydrogen) atoms. The molecule has 2 rings (SSSR count). The van der Waals surface area contributed by atoms with Crippen LogP contribution in [-0.4, -0.2) is 19.6 Å². The monoisotopic (exact) mass is 399 g/mol. The van der Waals surface area contributed by atoms with Crippen molar-refractivity contribution < 1.29 is 4.42 Å².